The molecule has 2 aromatic carbocycles. The first-order valence-electron chi connectivity index (χ1n) is 6.13. The Morgan fingerprint density at radius 1 is 1.05 bits per heavy atom. The molecule has 0 amide bonds. The summed E-state index contributed by atoms with van der Waals surface area (Å²) in [5.41, 5.74) is 1.42. The lowest BCUT2D eigenvalue weighted by Crippen LogP contribution is -2.04. The number of nitrogens with zero attached hydrogens (tertiary/aromatic N) is 1. The summed E-state index contributed by atoms with van der Waals surface area (Å²) < 4.78 is 13.9. The minimum absolute atomic E-state index is 0.188. The van der Waals surface area contributed by atoms with Crippen LogP contribution in [-0.2, 0) is 0 Å². The number of pyridine rings is 1. The monoisotopic (exact) mass is 287 g/mol. The summed E-state index contributed by atoms with van der Waals surface area (Å²) >= 11 is 5.73. The van der Waals surface area contributed by atoms with Crippen molar-refractivity contribution in [3.05, 3.63) is 76.7 Å². The second-order valence-electron chi connectivity index (χ2n) is 4.49. The number of rotatable bonds is 2. The minimum Gasteiger partial charge on any atom is -0.383 e. The van der Waals surface area contributed by atoms with Crippen LogP contribution in [0, 0.1) is 5.82 Å². The summed E-state index contributed by atoms with van der Waals surface area (Å²) in [5, 5.41) is 11.6. The van der Waals surface area contributed by atoms with Gasteiger partial charge in [0.05, 0.1) is 5.52 Å². The van der Waals surface area contributed by atoms with E-state index in [0.29, 0.717) is 16.1 Å². The second kappa shape index (κ2) is 5.19. The van der Waals surface area contributed by atoms with Gasteiger partial charge in [-0.2, -0.15) is 0 Å². The van der Waals surface area contributed by atoms with Crippen LogP contribution in [-0.4, -0.2) is 10.1 Å². The van der Waals surface area contributed by atoms with Gasteiger partial charge in [-0.25, -0.2) is 4.39 Å². The molecule has 0 saturated heterocycles. The van der Waals surface area contributed by atoms with E-state index in [1.54, 1.807) is 18.3 Å². The molecular weight excluding hydrogens is 277 g/mol. The van der Waals surface area contributed by atoms with Gasteiger partial charge in [-0.3, -0.25) is 4.98 Å². The van der Waals surface area contributed by atoms with Gasteiger partial charge in [-0.15, -0.1) is 0 Å². The van der Waals surface area contributed by atoms with Crippen LogP contribution in [0.4, 0.5) is 4.39 Å². The van der Waals surface area contributed by atoms with Crippen LogP contribution < -0.4 is 0 Å². The molecule has 0 radical (unpaired) electrons. The maximum absolute atomic E-state index is 13.9. The van der Waals surface area contributed by atoms with Gasteiger partial charge in [0.15, 0.2) is 0 Å². The zero-order valence-electron chi connectivity index (χ0n) is 10.4. The first-order chi connectivity index (χ1) is 9.66. The summed E-state index contributed by atoms with van der Waals surface area (Å²) in [7, 11) is 0. The number of fused-ring (bicyclic) bond motifs is 1. The average Bonchev–Trinajstić information content (AvgIpc) is 2.46. The fourth-order valence-electron chi connectivity index (χ4n) is 2.24. The molecule has 1 aromatic heterocycles. The van der Waals surface area contributed by atoms with E-state index >= 15 is 0 Å². The van der Waals surface area contributed by atoms with Gasteiger partial charge < -0.3 is 5.11 Å². The topological polar surface area (TPSA) is 33.1 Å². The zero-order chi connectivity index (χ0) is 14.1. The Bertz CT molecular complexity index is 770. The summed E-state index contributed by atoms with van der Waals surface area (Å²) in [6.45, 7) is 0. The van der Waals surface area contributed by atoms with Crippen molar-refractivity contribution in [3.63, 3.8) is 0 Å². The van der Waals surface area contributed by atoms with Crippen molar-refractivity contribution in [3.8, 4) is 0 Å². The molecule has 3 rings (SSSR count). The van der Waals surface area contributed by atoms with E-state index in [1.807, 2.05) is 24.3 Å². The Kier molecular flexibility index (Phi) is 3.38. The lowest BCUT2D eigenvalue weighted by Gasteiger charge is -2.14. The molecule has 100 valence electrons. The van der Waals surface area contributed by atoms with E-state index < -0.39 is 11.9 Å². The number of aliphatic hydroxyl groups excluding tert-OH is 1. The predicted molar refractivity (Wildman–Crippen MR) is 77.2 cm³/mol. The molecule has 20 heavy (non-hydrogen) atoms. The van der Waals surface area contributed by atoms with Gasteiger partial charge >= 0.3 is 0 Å². The minimum atomic E-state index is -1.08. The molecule has 0 spiro atoms. The molecule has 2 nitrogen and oxygen atoms in total. The van der Waals surface area contributed by atoms with Gasteiger partial charge in [0.1, 0.15) is 11.9 Å². The molecule has 3 aromatic rings. The summed E-state index contributed by atoms with van der Waals surface area (Å²) in [5.74, 6) is -0.530. The Balaban J connectivity index is 2.15. The molecule has 0 bridgehead atoms. The summed E-state index contributed by atoms with van der Waals surface area (Å²) in [4.78, 5) is 4.27. The molecule has 1 N–H and O–H groups in total. The number of halogens is 2. The van der Waals surface area contributed by atoms with Crippen LogP contribution in [0.3, 0.4) is 0 Å². The fourth-order valence-corrected chi connectivity index (χ4v) is 2.40. The highest BCUT2D eigenvalue weighted by Crippen LogP contribution is 2.30. The normalized spacial score (nSPS) is 12.6. The first-order valence-corrected chi connectivity index (χ1v) is 6.51. The number of aromatic nitrogens is 1. The smallest absolute Gasteiger partial charge is 0.130 e. The van der Waals surface area contributed by atoms with E-state index in [0.717, 1.165) is 5.39 Å². The highest BCUT2D eigenvalue weighted by Gasteiger charge is 2.18. The highest BCUT2D eigenvalue weighted by atomic mass is 35.5. The SMILES string of the molecule is OC(c1ccc(Cl)cc1F)c1cccc2cccnc12. The Morgan fingerprint density at radius 3 is 2.65 bits per heavy atom. The second-order valence-corrected chi connectivity index (χ2v) is 4.93. The molecule has 0 fully saturated rings. The summed E-state index contributed by atoms with van der Waals surface area (Å²) in [6.07, 6.45) is 0.572. The van der Waals surface area contributed by atoms with E-state index in [-0.39, 0.29) is 5.56 Å². The van der Waals surface area contributed by atoms with Crippen LogP contribution in [0.15, 0.2) is 54.7 Å². The van der Waals surface area contributed by atoms with Crippen molar-refractivity contribution in [2.24, 2.45) is 0 Å². The number of benzene rings is 2. The van der Waals surface area contributed by atoms with Crippen LogP contribution in [0.2, 0.25) is 5.02 Å². The third kappa shape index (κ3) is 2.26. The van der Waals surface area contributed by atoms with Gasteiger partial charge in [-0.1, -0.05) is 41.9 Å². The molecule has 0 saturated carbocycles. The molecule has 0 aliphatic heterocycles. The Hall–Kier alpha value is -1.97. The van der Waals surface area contributed by atoms with Gasteiger partial charge in [0, 0.05) is 27.7 Å². The lowest BCUT2D eigenvalue weighted by molar-refractivity contribution is 0.216. The first kappa shape index (κ1) is 13.0. The lowest BCUT2D eigenvalue weighted by atomic mass is 9.98. The maximum atomic E-state index is 13.9. The largest absolute Gasteiger partial charge is 0.383 e. The van der Waals surface area contributed by atoms with Crippen molar-refractivity contribution < 1.29 is 9.50 Å². The number of hydrogen-bond donors (Lipinski definition) is 1. The number of hydrogen-bond acceptors (Lipinski definition) is 2. The van der Waals surface area contributed by atoms with Gasteiger partial charge in [0.25, 0.3) is 0 Å². The summed E-state index contributed by atoms with van der Waals surface area (Å²) in [6, 6.07) is 13.4. The Labute approximate surface area is 120 Å². The molecule has 1 heterocycles. The third-order valence-electron chi connectivity index (χ3n) is 3.22. The molecular formula is C16H11ClFNO. The predicted octanol–water partition coefficient (Wildman–Crippen LogP) is 4.11. The average molecular weight is 288 g/mol. The van der Waals surface area contributed by atoms with Crippen molar-refractivity contribution in [2.45, 2.75) is 6.10 Å². The van der Waals surface area contributed by atoms with E-state index in [4.69, 9.17) is 11.6 Å². The molecule has 4 heteroatoms. The fraction of sp³-hybridized carbons (Fsp3) is 0.0625. The van der Waals surface area contributed by atoms with Crippen molar-refractivity contribution in [1.29, 1.82) is 0 Å². The Morgan fingerprint density at radius 2 is 1.85 bits per heavy atom. The van der Waals surface area contributed by atoms with Crippen molar-refractivity contribution in [1.82, 2.24) is 4.98 Å². The van der Waals surface area contributed by atoms with Crippen LogP contribution in [0.1, 0.15) is 17.2 Å². The van der Waals surface area contributed by atoms with E-state index in [9.17, 15) is 9.50 Å². The van der Waals surface area contributed by atoms with Crippen LogP contribution in [0.25, 0.3) is 10.9 Å². The maximum Gasteiger partial charge on any atom is 0.130 e. The van der Waals surface area contributed by atoms with E-state index in [1.165, 1.54) is 12.1 Å². The highest BCUT2D eigenvalue weighted by molar-refractivity contribution is 6.30. The van der Waals surface area contributed by atoms with Crippen molar-refractivity contribution >= 4 is 22.5 Å². The number of para-hydroxylation sites is 1. The molecule has 0 aliphatic rings. The third-order valence-corrected chi connectivity index (χ3v) is 3.45. The van der Waals surface area contributed by atoms with Crippen molar-refractivity contribution in [2.75, 3.05) is 0 Å². The van der Waals surface area contributed by atoms with Gasteiger partial charge in [0.2, 0.25) is 0 Å². The molecule has 1 unspecified atom stereocenters. The van der Waals surface area contributed by atoms with E-state index in [2.05, 4.69) is 4.98 Å². The van der Waals surface area contributed by atoms with Crippen LogP contribution >= 0.6 is 11.6 Å². The number of aliphatic hydroxyl groups is 1. The molecule has 0 aliphatic carbocycles. The van der Waals surface area contributed by atoms with Gasteiger partial charge in [-0.05, 0) is 18.2 Å². The zero-order valence-corrected chi connectivity index (χ0v) is 11.2. The molecule has 1 atom stereocenters. The van der Waals surface area contributed by atoms with Crippen LogP contribution in [0.5, 0.6) is 0 Å². The standard InChI is InChI=1S/C16H11ClFNO/c17-11-6-7-12(14(18)9-11)16(20)13-5-1-3-10-4-2-8-19-15(10)13/h1-9,16,20H. The quantitative estimate of drug-likeness (QED) is 0.769.